The van der Waals surface area contributed by atoms with Crippen LogP contribution in [0.1, 0.15) is 28.8 Å². The van der Waals surface area contributed by atoms with E-state index in [2.05, 4.69) is 5.32 Å². The van der Waals surface area contributed by atoms with Crippen molar-refractivity contribution in [3.05, 3.63) is 29.3 Å². The normalized spacial score (nSPS) is 22.2. The lowest BCUT2D eigenvalue weighted by Gasteiger charge is -2.34. The average Bonchev–Trinajstić information content (AvgIpc) is 2.31. The van der Waals surface area contributed by atoms with Gasteiger partial charge >= 0.3 is 6.18 Å². The van der Waals surface area contributed by atoms with Gasteiger partial charge in [0.2, 0.25) is 0 Å². The molecule has 2 rings (SSSR count). The highest BCUT2D eigenvalue weighted by molar-refractivity contribution is 6.00. The zero-order chi connectivity index (χ0) is 14.9. The lowest BCUT2D eigenvalue weighted by Crippen LogP contribution is -2.47. The molecule has 0 radical (unpaired) electrons. The number of methoxy groups -OCH3 is 1. The minimum Gasteiger partial charge on any atom is -0.398 e. The number of nitrogens with two attached hydrogens (primary N) is 1. The lowest BCUT2D eigenvalue weighted by molar-refractivity contribution is -0.136. The number of carbonyl (C=O) groups is 1. The number of halogens is 3. The monoisotopic (exact) mass is 288 g/mol. The van der Waals surface area contributed by atoms with Crippen molar-refractivity contribution in [2.24, 2.45) is 0 Å². The second-order valence-corrected chi connectivity index (χ2v) is 4.76. The summed E-state index contributed by atoms with van der Waals surface area (Å²) in [6.45, 7) is 0. The van der Waals surface area contributed by atoms with Crippen LogP contribution in [0.4, 0.5) is 18.9 Å². The molecule has 0 spiro atoms. The molecule has 1 aromatic carbocycles. The fourth-order valence-corrected chi connectivity index (χ4v) is 2.15. The van der Waals surface area contributed by atoms with Gasteiger partial charge in [-0.25, -0.2) is 0 Å². The Kier molecular flexibility index (Phi) is 3.89. The van der Waals surface area contributed by atoms with Crippen molar-refractivity contribution in [3.63, 3.8) is 0 Å². The van der Waals surface area contributed by atoms with Gasteiger partial charge in [0, 0.05) is 13.2 Å². The number of para-hydroxylation sites is 1. The van der Waals surface area contributed by atoms with Gasteiger partial charge in [-0.2, -0.15) is 13.2 Å². The Morgan fingerprint density at radius 3 is 2.60 bits per heavy atom. The van der Waals surface area contributed by atoms with E-state index >= 15 is 0 Å². The van der Waals surface area contributed by atoms with E-state index in [0.717, 1.165) is 6.07 Å². The van der Waals surface area contributed by atoms with Gasteiger partial charge < -0.3 is 15.8 Å². The number of nitrogen functional groups attached to an aromatic ring is 1. The molecule has 110 valence electrons. The highest BCUT2D eigenvalue weighted by Gasteiger charge is 2.35. The van der Waals surface area contributed by atoms with Gasteiger partial charge in [-0.3, -0.25) is 4.79 Å². The zero-order valence-electron chi connectivity index (χ0n) is 10.8. The first kappa shape index (κ1) is 14.6. The Morgan fingerprint density at radius 1 is 1.40 bits per heavy atom. The zero-order valence-corrected chi connectivity index (χ0v) is 10.8. The Balaban J connectivity index is 2.11. The maximum Gasteiger partial charge on any atom is 0.418 e. The molecule has 3 N–H and O–H groups in total. The van der Waals surface area contributed by atoms with Crippen LogP contribution >= 0.6 is 0 Å². The molecule has 1 fully saturated rings. The first-order valence-corrected chi connectivity index (χ1v) is 6.12. The second-order valence-electron chi connectivity index (χ2n) is 4.76. The van der Waals surface area contributed by atoms with Gasteiger partial charge in [-0.05, 0) is 25.0 Å². The molecule has 0 saturated heterocycles. The largest absolute Gasteiger partial charge is 0.418 e. The van der Waals surface area contributed by atoms with E-state index in [1.807, 2.05) is 0 Å². The number of nitrogens with one attached hydrogen (secondary N) is 1. The summed E-state index contributed by atoms with van der Waals surface area (Å²) in [6.07, 6.45) is -3.17. The van der Waals surface area contributed by atoms with Crippen LogP contribution in [0.15, 0.2) is 18.2 Å². The van der Waals surface area contributed by atoms with Gasteiger partial charge in [0.05, 0.1) is 22.9 Å². The predicted octanol–water partition coefficient (Wildman–Crippen LogP) is 2.19. The first-order chi connectivity index (χ1) is 9.32. The minimum atomic E-state index is -4.57. The molecule has 0 unspecified atom stereocenters. The van der Waals surface area contributed by atoms with Crippen LogP contribution in [0.25, 0.3) is 0 Å². The van der Waals surface area contributed by atoms with Crippen molar-refractivity contribution in [3.8, 4) is 0 Å². The third-order valence-corrected chi connectivity index (χ3v) is 3.42. The number of benzene rings is 1. The fourth-order valence-electron chi connectivity index (χ4n) is 2.15. The van der Waals surface area contributed by atoms with E-state index in [9.17, 15) is 18.0 Å². The summed E-state index contributed by atoms with van der Waals surface area (Å²) in [4.78, 5) is 11.9. The standard InChI is InChI=1S/C13H15F3N2O2/c1-20-8-5-7(6-8)18-12(19)9-3-2-4-10(11(9)17)13(14,15)16/h2-4,7-8H,5-6,17H2,1H3,(H,18,19). The number of rotatable bonds is 3. The highest BCUT2D eigenvalue weighted by Crippen LogP contribution is 2.35. The van der Waals surface area contributed by atoms with Gasteiger partial charge in [-0.15, -0.1) is 0 Å². The number of alkyl halides is 3. The smallest absolute Gasteiger partial charge is 0.398 e. The van der Waals surface area contributed by atoms with Crippen LogP contribution in [-0.4, -0.2) is 25.2 Å². The van der Waals surface area contributed by atoms with Crippen LogP contribution in [0.3, 0.4) is 0 Å². The second kappa shape index (κ2) is 5.32. The van der Waals surface area contributed by atoms with E-state index in [1.54, 1.807) is 7.11 Å². The SMILES string of the molecule is COC1CC(NC(=O)c2cccc(C(F)(F)F)c2N)C1. The highest BCUT2D eigenvalue weighted by atomic mass is 19.4. The van der Waals surface area contributed by atoms with Gasteiger partial charge in [0.1, 0.15) is 0 Å². The molecule has 0 aromatic heterocycles. The van der Waals surface area contributed by atoms with E-state index in [-0.39, 0.29) is 17.7 Å². The van der Waals surface area contributed by atoms with Gasteiger partial charge in [-0.1, -0.05) is 6.07 Å². The minimum absolute atomic E-state index is 0.0820. The van der Waals surface area contributed by atoms with Crippen LogP contribution in [0.2, 0.25) is 0 Å². The summed E-state index contributed by atoms with van der Waals surface area (Å²) < 4.78 is 43.2. The van der Waals surface area contributed by atoms with Crippen LogP contribution in [0.5, 0.6) is 0 Å². The molecule has 0 bridgehead atoms. The molecule has 1 amide bonds. The molecule has 0 atom stereocenters. The van der Waals surface area contributed by atoms with Crippen LogP contribution in [0, 0.1) is 0 Å². The van der Waals surface area contributed by atoms with Gasteiger partial charge in [0.15, 0.2) is 0 Å². The van der Waals surface area contributed by atoms with Crippen molar-refractivity contribution in [1.29, 1.82) is 0 Å². The summed E-state index contributed by atoms with van der Waals surface area (Å²) in [5.41, 5.74) is 3.77. The summed E-state index contributed by atoms with van der Waals surface area (Å²) >= 11 is 0. The molecular formula is C13H15F3N2O2. The fraction of sp³-hybridized carbons (Fsp3) is 0.462. The van der Waals surface area contributed by atoms with Crippen LogP contribution in [-0.2, 0) is 10.9 Å². The molecule has 0 aliphatic heterocycles. The van der Waals surface area contributed by atoms with E-state index < -0.39 is 23.3 Å². The molecule has 7 heteroatoms. The molecule has 20 heavy (non-hydrogen) atoms. The van der Waals surface area contributed by atoms with E-state index in [4.69, 9.17) is 10.5 Å². The first-order valence-electron chi connectivity index (χ1n) is 6.12. The Bertz CT molecular complexity index is 511. The quantitative estimate of drug-likeness (QED) is 0.838. The third kappa shape index (κ3) is 2.87. The Labute approximate surface area is 114 Å². The van der Waals surface area contributed by atoms with Crippen molar-refractivity contribution < 1.29 is 22.7 Å². The van der Waals surface area contributed by atoms with Crippen LogP contribution < -0.4 is 11.1 Å². The average molecular weight is 288 g/mol. The number of anilines is 1. The van der Waals surface area contributed by atoms with E-state index in [0.29, 0.717) is 12.8 Å². The summed E-state index contributed by atoms with van der Waals surface area (Å²) in [5.74, 6) is -0.590. The number of amides is 1. The number of hydrogen-bond acceptors (Lipinski definition) is 3. The Morgan fingerprint density at radius 2 is 2.05 bits per heavy atom. The van der Waals surface area contributed by atoms with E-state index in [1.165, 1.54) is 12.1 Å². The Hall–Kier alpha value is -1.76. The molecule has 1 saturated carbocycles. The van der Waals surface area contributed by atoms with Crippen molar-refractivity contribution in [2.45, 2.75) is 31.2 Å². The molecular weight excluding hydrogens is 273 g/mol. The topological polar surface area (TPSA) is 64.3 Å². The number of ether oxygens (including phenoxy) is 1. The molecule has 1 aliphatic rings. The maximum atomic E-state index is 12.7. The maximum absolute atomic E-state index is 12.7. The summed E-state index contributed by atoms with van der Waals surface area (Å²) in [6, 6.07) is 3.23. The molecule has 1 aliphatic carbocycles. The molecule has 0 heterocycles. The summed E-state index contributed by atoms with van der Waals surface area (Å²) in [7, 11) is 1.58. The van der Waals surface area contributed by atoms with Crippen molar-refractivity contribution in [2.75, 3.05) is 12.8 Å². The number of hydrogen-bond donors (Lipinski definition) is 2. The number of carbonyl (C=O) groups excluding carboxylic acids is 1. The van der Waals surface area contributed by atoms with Crippen molar-refractivity contribution in [1.82, 2.24) is 5.32 Å². The van der Waals surface area contributed by atoms with Gasteiger partial charge in [0.25, 0.3) is 5.91 Å². The van der Waals surface area contributed by atoms with Crippen molar-refractivity contribution >= 4 is 11.6 Å². The molecule has 4 nitrogen and oxygen atoms in total. The third-order valence-electron chi connectivity index (χ3n) is 3.42. The summed E-state index contributed by atoms with van der Waals surface area (Å²) in [5, 5.41) is 2.65. The molecule has 1 aromatic rings. The lowest BCUT2D eigenvalue weighted by atomic mass is 9.89. The predicted molar refractivity (Wildman–Crippen MR) is 67.1 cm³/mol.